The van der Waals surface area contributed by atoms with Gasteiger partial charge in [0.25, 0.3) is 5.91 Å². The molecule has 194 valence electrons. The predicted molar refractivity (Wildman–Crippen MR) is 137 cm³/mol. The Bertz CT molecular complexity index is 1130. The first-order valence-electron chi connectivity index (χ1n) is 11.8. The Balaban J connectivity index is 2.25. The molecule has 3 rings (SSSR count). The number of nitrogens with zero attached hydrogens (tertiary/aromatic N) is 2. The zero-order valence-corrected chi connectivity index (χ0v) is 22.3. The van der Waals surface area contributed by atoms with Crippen LogP contribution in [0.25, 0.3) is 0 Å². The van der Waals surface area contributed by atoms with Crippen molar-refractivity contribution in [3.63, 3.8) is 0 Å². The summed E-state index contributed by atoms with van der Waals surface area (Å²) >= 11 is 6.41. The van der Waals surface area contributed by atoms with E-state index in [-0.39, 0.29) is 12.0 Å². The molecule has 9 heteroatoms. The van der Waals surface area contributed by atoms with E-state index in [2.05, 4.69) is 0 Å². The summed E-state index contributed by atoms with van der Waals surface area (Å²) in [6, 6.07) is 12.5. The van der Waals surface area contributed by atoms with Crippen LogP contribution in [-0.2, 0) is 23.9 Å². The monoisotopic (exact) mass is 516 g/mol. The molecular formula is C27H33ClN2O6. The van der Waals surface area contributed by atoms with Crippen LogP contribution in [-0.4, -0.2) is 55.7 Å². The first-order valence-corrected chi connectivity index (χ1v) is 12.2. The summed E-state index contributed by atoms with van der Waals surface area (Å²) < 4.78 is 17.1. The normalized spacial score (nSPS) is 17.8. The van der Waals surface area contributed by atoms with Gasteiger partial charge in [-0.25, -0.2) is 0 Å². The van der Waals surface area contributed by atoms with Gasteiger partial charge in [-0.1, -0.05) is 50.6 Å². The highest BCUT2D eigenvalue weighted by atomic mass is 35.5. The van der Waals surface area contributed by atoms with E-state index in [1.165, 1.54) is 6.92 Å². The third kappa shape index (κ3) is 6.17. The number of benzene rings is 2. The lowest BCUT2D eigenvalue weighted by molar-refractivity contribution is -0.167. The third-order valence-corrected chi connectivity index (χ3v) is 5.89. The van der Waals surface area contributed by atoms with Crippen LogP contribution in [0.15, 0.2) is 42.5 Å². The molecule has 0 aromatic heterocycles. The van der Waals surface area contributed by atoms with Crippen LogP contribution < -0.4 is 9.64 Å². The fourth-order valence-electron chi connectivity index (χ4n) is 4.17. The molecular weight excluding hydrogens is 484 g/mol. The van der Waals surface area contributed by atoms with Gasteiger partial charge in [0.05, 0.1) is 19.4 Å². The molecule has 0 spiro atoms. The number of carbonyl (C=O) groups excluding carboxylic acids is 3. The van der Waals surface area contributed by atoms with E-state index in [9.17, 15) is 14.4 Å². The van der Waals surface area contributed by atoms with Crippen molar-refractivity contribution in [3.8, 4) is 5.75 Å². The summed E-state index contributed by atoms with van der Waals surface area (Å²) in [7, 11) is 1.55. The van der Waals surface area contributed by atoms with Crippen molar-refractivity contribution in [2.24, 2.45) is 5.41 Å². The number of hydrogen-bond donors (Lipinski definition) is 0. The van der Waals surface area contributed by atoms with Gasteiger partial charge in [0.15, 0.2) is 0 Å². The molecule has 2 amide bonds. The molecule has 0 N–H and O–H groups in total. The van der Waals surface area contributed by atoms with Crippen LogP contribution in [0.4, 0.5) is 5.69 Å². The molecule has 36 heavy (non-hydrogen) atoms. The van der Waals surface area contributed by atoms with E-state index in [1.807, 2.05) is 39.0 Å². The topological polar surface area (TPSA) is 85.4 Å². The van der Waals surface area contributed by atoms with Crippen LogP contribution in [0.2, 0.25) is 5.02 Å². The molecule has 0 radical (unpaired) electrons. The molecule has 2 aromatic carbocycles. The van der Waals surface area contributed by atoms with Crippen molar-refractivity contribution in [1.82, 2.24) is 4.90 Å². The Labute approximate surface area is 217 Å². The lowest BCUT2D eigenvalue weighted by atomic mass is 9.94. The zero-order chi connectivity index (χ0) is 26.6. The minimum Gasteiger partial charge on any atom is -0.496 e. The number of carbonyl (C=O) groups is 3. The van der Waals surface area contributed by atoms with Crippen molar-refractivity contribution in [2.75, 3.05) is 31.7 Å². The minimum atomic E-state index is -1.39. The standard InChI is InChI=1S/C27H33ClN2O6/c1-7-35-23(32)15-29(17(2)31)26-25(33)30(16-27(3,4)5)21-13-12-18(28)14-20(21)24(36-26)19-10-8-9-11-22(19)34-6/h8-14,24,26H,7,15-16H2,1-6H3/t24-,26+/m0/s1. The number of rotatable bonds is 7. The highest BCUT2D eigenvalue weighted by molar-refractivity contribution is 6.30. The van der Waals surface area contributed by atoms with Gasteiger partial charge in [-0.3, -0.25) is 19.3 Å². The molecule has 2 atom stereocenters. The molecule has 1 aliphatic rings. The molecule has 0 saturated carbocycles. The van der Waals surface area contributed by atoms with Gasteiger partial charge in [0.2, 0.25) is 12.1 Å². The summed E-state index contributed by atoms with van der Waals surface area (Å²) in [5.41, 5.74) is 1.62. The smallest absolute Gasteiger partial charge is 0.325 e. The second kappa shape index (κ2) is 11.3. The fourth-order valence-corrected chi connectivity index (χ4v) is 4.35. The number of para-hydroxylation sites is 1. The van der Waals surface area contributed by atoms with Crippen LogP contribution in [0.1, 0.15) is 51.8 Å². The van der Waals surface area contributed by atoms with Crippen molar-refractivity contribution in [3.05, 3.63) is 58.6 Å². The largest absolute Gasteiger partial charge is 0.496 e. The average molecular weight is 517 g/mol. The second-order valence-corrected chi connectivity index (χ2v) is 10.2. The third-order valence-electron chi connectivity index (χ3n) is 5.65. The number of halogens is 1. The first kappa shape index (κ1) is 27.5. The Morgan fingerprint density at radius 3 is 2.44 bits per heavy atom. The maximum atomic E-state index is 14.1. The van der Waals surface area contributed by atoms with Gasteiger partial charge in [-0.05, 0) is 36.6 Å². The maximum absolute atomic E-state index is 14.1. The predicted octanol–water partition coefficient (Wildman–Crippen LogP) is 4.59. The zero-order valence-electron chi connectivity index (χ0n) is 21.5. The second-order valence-electron chi connectivity index (χ2n) is 9.75. The average Bonchev–Trinajstić information content (AvgIpc) is 2.91. The van der Waals surface area contributed by atoms with Crippen LogP contribution >= 0.6 is 11.6 Å². The van der Waals surface area contributed by atoms with Gasteiger partial charge in [-0.15, -0.1) is 0 Å². The molecule has 2 aromatic rings. The molecule has 0 unspecified atom stereocenters. The molecule has 1 aliphatic heterocycles. The number of esters is 1. The molecule has 0 saturated heterocycles. The molecule has 1 heterocycles. The molecule has 0 aliphatic carbocycles. The Hall–Kier alpha value is -3.10. The molecule has 8 nitrogen and oxygen atoms in total. The maximum Gasteiger partial charge on any atom is 0.325 e. The van der Waals surface area contributed by atoms with Gasteiger partial charge in [0, 0.05) is 29.6 Å². The highest BCUT2D eigenvalue weighted by Gasteiger charge is 2.43. The van der Waals surface area contributed by atoms with Crippen LogP contribution in [0.3, 0.4) is 0 Å². The Morgan fingerprint density at radius 1 is 1.14 bits per heavy atom. The molecule has 0 fully saturated rings. The fraction of sp³-hybridized carbons (Fsp3) is 0.444. The number of hydrogen-bond acceptors (Lipinski definition) is 6. The summed E-state index contributed by atoms with van der Waals surface area (Å²) in [6.07, 6.45) is -2.21. The number of methoxy groups -OCH3 is 1. The lowest BCUT2D eigenvalue weighted by Crippen LogP contribution is -2.54. The van der Waals surface area contributed by atoms with E-state index in [1.54, 1.807) is 43.2 Å². The van der Waals surface area contributed by atoms with E-state index < -0.39 is 36.7 Å². The summed E-state index contributed by atoms with van der Waals surface area (Å²) in [4.78, 5) is 41.9. The summed E-state index contributed by atoms with van der Waals surface area (Å²) in [5, 5.41) is 0.466. The Morgan fingerprint density at radius 2 is 1.83 bits per heavy atom. The van der Waals surface area contributed by atoms with E-state index >= 15 is 0 Å². The number of ether oxygens (including phenoxy) is 3. The van der Waals surface area contributed by atoms with Crippen molar-refractivity contribution in [1.29, 1.82) is 0 Å². The van der Waals surface area contributed by atoms with Crippen molar-refractivity contribution >= 4 is 35.1 Å². The van der Waals surface area contributed by atoms with Gasteiger partial charge in [-0.2, -0.15) is 0 Å². The SMILES string of the molecule is CCOC(=O)CN(C(C)=O)[C@@H]1O[C@@H](c2ccccc2OC)c2cc(Cl)ccc2N(CC(C)(C)C)C1=O. The van der Waals surface area contributed by atoms with Gasteiger partial charge < -0.3 is 19.1 Å². The molecule has 0 bridgehead atoms. The number of fused-ring (bicyclic) bond motifs is 1. The number of anilines is 1. The van der Waals surface area contributed by atoms with Crippen LogP contribution in [0.5, 0.6) is 5.75 Å². The minimum absolute atomic E-state index is 0.147. The number of amides is 2. The first-order chi connectivity index (χ1) is 17.0. The van der Waals surface area contributed by atoms with Gasteiger partial charge >= 0.3 is 5.97 Å². The van der Waals surface area contributed by atoms with E-state index in [0.29, 0.717) is 34.1 Å². The van der Waals surface area contributed by atoms with E-state index in [0.717, 1.165) is 4.90 Å². The van der Waals surface area contributed by atoms with Crippen LogP contribution in [0, 0.1) is 5.41 Å². The highest BCUT2D eigenvalue weighted by Crippen LogP contribution is 2.43. The lowest BCUT2D eigenvalue weighted by Gasteiger charge is -2.34. The van der Waals surface area contributed by atoms with Gasteiger partial charge in [0.1, 0.15) is 18.4 Å². The summed E-state index contributed by atoms with van der Waals surface area (Å²) in [5.74, 6) is -1.06. The Kier molecular flexibility index (Phi) is 8.63. The van der Waals surface area contributed by atoms with Crippen molar-refractivity contribution in [2.45, 2.75) is 47.0 Å². The quantitative estimate of drug-likeness (QED) is 0.500. The summed E-state index contributed by atoms with van der Waals surface area (Å²) in [6.45, 7) is 9.04. The van der Waals surface area contributed by atoms with E-state index in [4.69, 9.17) is 25.8 Å². The van der Waals surface area contributed by atoms with Crippen molar-refractivity contribution < 1.29 is 28.6 Å².